The highest BCUT2D eigenvalue weighted by atomic mass is 19.4. The second-order valence-corrected chi connectivity index (χ2v) is 4.11. The molecule has 0 aliphatic heterocycles. The van der Waals surface area contributed by atoms with E-state index in [0.29, 0.717) is 17.2 Å². The van der Waals surface area contributed by atoms with Crippen molar-refractivity contribution in [3.8, 4) is 17.2 Å². The molecule has 0 bridgehead atoms. The minimum absolute atomic E-state index is 0.304. The van der Waals surface area contributed by atoms with Crippen LogP contribution in [-0.2, 0) is 0 Å². The Labute approximate surface area is 113 Å². The highest BCUT2D eigenvalue weighted by Crippen LogP contribution is 2.31. The average Bonchev–Trinajstić information content (AvgIpc) is 2.35. The molecule has 0 aromatic heterocycles. The zero-order chi connectivity index (χ0) is 14.8. The first-order valence-electron chi connectivity index (χ1n) is 5.74. The van der Waals surface area contributed by atoms with Crippen LogP contribution >= 0.6 is 0 Å². The summed E-state index contributed by atoms with van der Waals surface area (Å²) in [7, 11) is 0. The zero-order valence-electron chi connectivity index (χ0n) is 10.6. The summed E-state index contributed by atoms with van der Waals surface area (Å²) in [5.41, 5.74) is 7.19. The minimum atomic E-state index is -4.71. The third-order valence-corrected chi connectivity index (χ3v) is 2.57. The molecule has 6 heteroatoms. The van der Waals surface area contributed by atoms with Crippen LogP contribution in [0, 0.1) is 6.92 Å². The molecule has 2 N–H and O–H groups in total. The van der Waals surface area contributed by atoms with Gasteiger partial charge in [0.25, 0.3) is 0 Å². The van der Waals surface area contributed by atoms with Crippen molar-refractivity contribution in [2.45, 2.75) is 13.3 Å². The smallest absolute Gasteiger partial charge is 0.455 e. The van der Waals surface area contributed by atoms with Gasteiger partial charge in [-0.25, -0.2) is 0 Å². The Bertz CT molecular complexity index is 594. The molecule has 0 heterocycles. The number of benzene rings is 2. The Morgan fingerprint density at radius 1 is 0.950 bits per heavy atom. The van der Waals surface area contributed by atoms with E-state index in [-0.39, 0.29) is 5.75 Å². The Kier molecular flexibility index (Phi) is 3.74. The van der Waals surface area contributed by atoms with Crippen LogP contribution in [0.4, 0.5) is 18.9 Å². The predicted octanol–water partition coefficient (Wildman–Crippen LogP) is 4.27. The maximum absolute atomic E-state index is 12.0. The average molecular weight is 283 g/mol. The van der Waals surface area contributed by atoms with Gasteiger partial charge >= 0.3 is 6.36 Å². The van der Waals surface area contributed by atoms with E-state index in [1.165, 1.54) is 24.3 Å². The minimum Gasteiger partial charge on any atom is -0.455 e. The van der Waals surface area contributed by atoms with E-state index in [4.69, 9.17) is 10.5 Å². The van der Waals surface area contributed by atoms with Crippen LogP contribution in [0.1, 0.15) is 5.56 Å². The van der Waals surface area contributed by atoms with Crippen LogP contribution in [0.3, 0.4) is 0 Å². The van der Waals surface area contributed by atoms with Crippen LogP contribution in [0.25, 0.3) is 0 Å². The number of ether oxygens (including phenoxy) is 2. The van der Waals surface area contributed by atoms with E-state index in [2.05, 4.69) is 4.74 Å². The van der Waals surface area contributed by atoms with Crippen LogP contribution < -0.4 is 15.2 Å². The van der Waals surface area contributed by atoms with Crippen molar-refractivity contribution in [2.24, 2.45) is 0 Å². The van der Waals surface area contributed by atoms with Gasteiger partial charge in [0.15, 0.2) is 5.75 Å². The molecule has 2 rings (SSSR count). The first kappa shape index (κ1) is 14.0. The molecule has 2 aromatic carbocycles. The van der Waals surface area contributed by atoms with Crippen LogP contribution in [-0.4, -0.2) is 6.36 Å². The van der Waals surface area contributed by atoms with E-state index in [9.17, 15) is 13.2 Å². The van der Waals surface area contributed by atoms with Gasteiger partial charge in [0, 0.05) is 0 Å². The van der Waals surface area contributed by atoms with E-state index in [1.807, 2.05) is 13.0 Å². The Hall–Kier alpha value is -2.37. The summed E-state index contributed by atoms with van der Waals surface area (Å²) in [5, 5.41) is 0. The summed E-state index contributed by atoms with van der Waals surface area (Å²) in [6, 6.07) is 10.4. The van der Waals surface area contributed by atoms with Gasteiger partial charge in [-0.1, -0.05) is 12.1 Å². The molecule has 0 radical (unpaired) electrons. The number of rotatable bonds is 3. The van der Waals surface area contributed by atoms with Crippen molar-refractivity contribution in [1.82, 2.24) is 0 Å². The molecule has 0 aliphatic rings. The van der Waals surface area contributed by atoms with Crippen molar-refractivity contribution in [1.29, 1.82) is 0 Å². The number of hydrogen-bond acceptors (Lipinski definition) is 3. The normalized spacial score (nSPS) is 11.2. The van der Waals surface area contributed by atoms with Crippen molar-refractivity contribution < 1.29 is 22.6 Å². The lowest BCUT2D eigenvalue weighted by atomic mass is 10.2. The van der Waals surface area contributed by atoms with Gasteiger partial charge in [0.2, 0.25) is 0 Å². The van der Waals surface area contributed by atoms with Crippen molar-refractivity contribution in [2.75, 3.05) is 5.73 Å². The molecule has 0 aliphatic carbocycles. The van der Waals surface area contributed by atoms with Gasteiger partial charge < -0.3 is 15.2 Å². The van der Waals surface area contributed by atoms with E-state index < -0.39 is 6.36 Å². The van der Waals surface area contributed by atoms with Crippen LogP contribution in [0.2, 0.25) is 0 Å². The van der Waals surface area contributed by atoms with E-state index >= 15 is 0 Å². The third kappa shape index (κ3) is 3.57. The molecule has 0 fully saturated rings. The molecule has 0 saturated heterocycles. The second-order valence-electron chi connectivity index (χ2n) is 4.11. The number of nitrogen functional groups attached to an aromatic ring is 1. The van der Waals surface area contributed by atoms with E-state index in [1.54, 1.807) is 12.1 Å². The summed E-state index contributed by atoms with van der Waals surface area (Å²) in [5.74, 6) is 0.522. The Morgan fingerprint density at radius 2 is 1.55 bits per heavy atom. The largest absolute Gasteiger partial charge is 0.573 e. The highest BCUT2D eigenvalue weighted by Gasteiger charge is 2.30. The first-order valence-corrected chi connectivity index (χ1v) is 5.74. The Morgan fingerprint density at radius 3 is 2.15 bits per heavy atom. The summed E-state index contributed by atoms with van der Waals surface area (Å²) in [6.45, 7) is 1.84. The fraction of sp³-hybridized carbons (Fsp3) is 0.143. The molecule has 3 nitrogen and oxygen atoms in total. The number of anilines is 1. The fourth-order valence-electron chi connectivity index (χ4n) is 1.58. The molecule has 2 aromatic rings. The summed E-state index contributed by atoms with van der Waals surface area (Å²) in [6.07, 6.45) is -4.71. The van der Waals surface area contributed by atoms with Gasteiger partial charge in [-0.15, -0.1) is 13.2 Å². The van der Waals surface area contributed by atoms with Crippen molar-refractivity contribution in [3.05, 3.63) is 48.0 Å². The SMILES string of the molecule is Cc1cccc(Oc2ccc(OC(F)(F)F)cc2)c1N. The lowest BCUT2D eigenvalue weighted by Crippen LogP contribution is -2.16. The van der Waals surface area contributed by atoms with Gasteiger partial charge in [0.05, 0.1) is 5.69 Å². The van der Waals surface area contributed by atoms with Crippen LogP contribution in [0.5, 0.6) is 17.2 Å². The quantitative estimate of drug-likeness (QED) is 0.856. The summed E-state index contributed by atoms with van der Waals surface area (Å²) < 4.78 is 45.3. The molecule has 106 valence electrons. The summed E-state index contributed by atoms with van der Waals surface area (Å²) in [4.78, 5) is 0. The molecule has 0 unspecified atom stereocenters. The molecule has 20 heavy (non-hydrogen) atoms. The second kappa shape index (κ2) is 5.32. The Balaban J connectivity index is 2.13. The molecule has 0 saturated carbocycles. The van der Waals surface area contributed by atoms with Gasteiger partial charge in [-0.3, -0.25) is 0 Å². The maximum atomic E-state index is 12.0. The fourth-order valence-corrected chi connectivity index (χ4v) is 1.58. The number of hydrogen-bond donors (Lipinski definition) is 1. The molecular weight excluding hydrogens is 271 g/mol. The number of para-hydroxylation sites is 1. The lowest BCUT2D eigenvalue weighted by Gasteiger charge is -2.11. The molecule has 0 atom stereocenters. The standard InChI is InChI=1S/C14H12F3NO2/c1-9-3-2-4-12(13(9)18)19-10-5-7-11(8-6-10)20-14(15,16)17/h2-8H,18H2,1H3. The number of halogens is 3. The maximum Gasteiger partial charge on any atom is 0.573 e. The molecule has 0 spiro atoms. The van der Waals surface area contributed by atoms with E-state index in [0.717, 1.165) is 5.56 Å². The number of nitrogens with two attached hydrogens (primary N) is 1. The highest BCUT2D eigenvalue weighted by molar-refractivity contribution is 5.59. The molecular formula is C14H12F3NO2. The topological polar surface area (TPSA) is 44.5 Å². The van der Waals surface area contributed by atoms with Crippen LogP contribution in [0.15, 0.2) is 42.5 Å². The van der Waals surface area contributed by atoms with Gasteiger partial charge in [-0.2, -0.15) is 0 Å². The lowest BCUT2D eigenvalue weighted by molar-refractivity contribution is -0.274. The van der Waals surface area contributed by atoms with Crippen molar-refractivity contribution >= 4 is 5.69 Å². The number of aryl methyl sites for hydroxylation is 1. The van der Waals surface area contributed by atoms with Gasteiger partial charge in [-0.05, 0) is 42.8 Å². The zero-order valence-corrected chi connectivity index (χ0v) is 10.6. The first-order chi connectivity index (χ1) is 9.35. The van der Waals surface area contributed by atoms with Crippen molar-refractivity contribution in [3.63, 3.8) is 0 Å². The number of alkyl halides is 3. The third-order valence-electron chi connectivity index (χ3n) is 2.57. The van der Waals surface area contributed by atoms with Gasteiger partial charge in [0.1, 0.15) is 11.5 Å². The predicted molar refractivity (Wildman–Crippen MR) is 68.8 cm³/mol. The summed E-state index contributed by atoms with van der Waals surface area (Å²) >= 11 is 0. The monoisotopic (exact) mass is 283 g/mol. The molecule has 0 amide bonds.